The number of carbonyl (C=O) groups is 1. The number of nitrogens with zero attached hydrogens (tertiary/aromatic N) is 3. The summed E-state index contributed by atoms with van der Waals surface area (Å²) in [5.74, 6) is -2.90. The molecule has 0 saturated heterocycles. The monoisotopic (exact) mass is 390 g/mol. The van der Waals surface area contributed by atoms with Crippen molar-refractivity contribution in [2.75, 3.05) is 13.1 Å². The van der Waals surface area contributed by atoms with Crippen LogP contribution in [0.25, 0.3) is 0 Å². The van der Waals surface area contributed by atoms with E-state index in [1.165, 1.54) is 6.07 Å². The lowest BCUT2D eigenvalue weighted by molar-refractivity contribution is -0.388. The third-order valence-corrected chi connectivity index (χ3v) is 4.62. The maximum Gasteiger partial charge on any atom is 0.312 e. The highest BCUT2D eigenvalue weighted by Gasteiger charge is 2.27. The molecule has 7 nitrogen and oxygen atoms in total. The zero-order valence-corrected chi connectivity index (χ0v) is 15.4. The number of nitro groups is 1. The van der Waals surface area contributed by atoms with E-state index in [1.54, 1.807) is 6.07 Å². The first-order valence-corrected chi connectivity index (χ1v) is 9.01. The zero-order valence-electron chi connectivity index (χ0n) is 15.4. The summed E-state index contributed by atoms with van der Waals surface area (Å²) in [6.45, 7) is 3.65. The van der Waals surface area contributed by atoms with Crippen LogP contribution < -0.4 is 5.32 Å². The molecule has 0 unspecified atom stereocenters. The minimum Gasteiger partial charge on any atom is -0.351 e. The Kier molecular flexibility index (Phi) is 5.93. The lowest BCUT2D eigenvalue weighted by atomic mass is 10.0. The first-order chi connectivity index (χ1) is 13.4. The molecule has 1 aliphatic heterocycles. The third kappa shape index (κ3) is 4.14. The van der Waals surface area contributed by atoms with Gasteiger partial charge in [0, 0.05) is 43.9 Å². The van der Waals surface area contributed by atoms with E-state index >= 15 is 0 Å². The number of amides is 1. The number of hydrogen-bond acceptors (Lipinski definition) is 5. The number of pyridine rings is 1. The maximum absolute atomic E-state index is 13.8. The summed E-state index contributed by atoms with van der Waals surface area (Å²) in [6, 6.07) is 5.60. The molecule has 0 radical (unpaired) electrons. The Morgan fingerprint density at radius 3 is 2.82 bits per heavy atom. The normalized spacial score (nSPS) is 13.8. The van der Waals surface area contributed by atoms with Gasteiger partial charge in [-0.1, -0.05) is 13.0 Å². The Bertz CT molecular complexity index is 920. The fraction of sp³-hybridized carbons (Fsp3) is 0.368. The first kappa shape index (κ1) is 19.8. The molecular weight excluding hydrogens is 370 g/mol. The van der Waals surface area contributed by atoms with Crippen molar-refractivity contribution in [1.29, 1.82) is 0 Å². The predicted molar refractivity (Wildman–Crippen MR) is 97.7 cm³/mol. The molecule has 0 spiro atoms. The molecule has 1 aliphatic rings. The fourth-order valence-corrected chi connectivity index (χ4v) is 3.21. The van der Waals surface area contributed by atoms with E-state index in [0.29, 0.717) is 31.7 Å². The van der Waals surface area contributed by atoms with Gasteiger partial charge in [0.05, 0.1) is 4.92 Å². The Labute approximate surface area is 160 Å². The average molecular weight is 390 g/mol. The molecule has 0 fully saturated rings. The molecule has 3 rings (SSSR count). The van der Waals surface area contributed by atoms with Crippen LogP contribution in [0.15, 0.2) is 24.3 Å². The Morgan fingerprint density at radius 2 is 2.11 bits per heavy atom. The predicted octanol–water partition coefficient (Wildman–Crippen LogP) is 2.97. The van der Waals surface area contributed by atoms with Crippen LogP contribution in [0.2, 0.25) is 0 Å². The van der Waals surface area contributed by atoms with Crippen molar-refractivity contribution >= 4 is 11.6 Å². The molecule has 2 aromatic rings. The van der Waals surface area contributed by atoms with E-state index in [-0.39, 0.29) is 18.0 Å². The van der Waals surface area contributed by atoms with E-state index in [2.05, 4.69) is 10.3 Å². The number of rotatable bonds is 6. The van der Waals surface area contributed by atoms with Crippen molar-refractivity contribution in [1.82, 2.24) is 15.2 Å². The van der Waals surface area contributed by atoms with Gasteiger partial charge in [0.25, 0.3) is 5.91 Å². The number of benzene rings is 1. The third-order valence-electron chi connectivity index (χ3n) is 4.62. The van der Waals surface area contributed by atoms with Crippen LogP contribution in [0.4, 0.5) is 14.5 Å². The number of nitro benzene ring substituents is 1. The second-order valence-electron chi connectivity index (χ2n) is 6.65. The van der Waals surface area contributed by atoms with Crippen LogP contribution in [0.1, 0.15) is 40.7 Å². The topological polar surface area (TPSA) is 88.4 Å². The van der Waals surface area contributed by atoms with E-state index < -0.39 is 22.2 Å². The Balaban J connectivity index is 1.75. The van der Waals surface area contributed by atoms with Crippen LogP contribution in [0, 0.1) is 21.7 Å². The van der Waals surface area contributed by atoms with Crippen molar-refractivity contribution in [3.63, 3.8) is 0 Å². The second-order valence-corrected chi connectivity index (χ2v) is 6.65. The molecular formula is C19H20F2N4O3. The van der Waals surface area contributed by atoms with E-state index in [4.69, 9.17) is 0 Å². The van der Waals surface area contributed by atoms with Gasteiger partial charge in [0.15, 0.2) is 5.82 Å². The van der Waals surface area contributed by atoms with Crippen molar-refractivity contribution in [3.8, 4) is 0 Å². The summed E-state index contributed by atoms with van der Waals surface area (Å²) in [6.07, 6.45) is 1.39. The van der Waals surface area contributed by atoms with Crippen molar-refractivity contribution in [2.24, 2.45) is 0 Å². The number of halogens is 2. The highest BCUT2D eigenvalue weighted by Crippen LogP contribution is 2.28. The molecule has 1 aromatic heterocycles. The largest absolute Gasteiger partial charge is 0.351 e. The number of hydrogen-bond donors (Lipinski definition) is 1. The molecule has 2 heterocycles. The van der Waals surface area contributed by atoms with Crippen molar-refractivity contribution in [3.05, 3.63) is 68.5 Å². The van der Waals surface area contributed by atoms with E-state index in [0.717, 1.165) is 23.7 Å². The van der Waals surface area contributed by atoms with Crippen molar-refractivity contribution < 1.29 is 18.5 Å². The molecule has 0 atom stereocenters. The molecule has 0 bridgehead atoms. The number of carbonyl (C=O) groups excluding carboxylic acids is 1. The minimum absolute atomic E-state index is 0.117. The summed E-state index contributed by atoms with van der Waals surface area (Å²) in [4.78, 5) is 28.6. The quantitative estimate of drug-likeness (QED) is 0.605. The van der Waals surface area contributed by atoms with Gasteiger partial charge >= 0.3 is 5.69 Å². The minimum atomic E-state index is -1.44. The molecule has 9 heteroatoms. The molecule has 0 aliphatic carbocycles. The van der Waals surface area contributed by atoms with E-state index in [9.17, 15) is 23.7 Å². The summed E-state index contributed by atoms with van der Waals surface area (Å²) >= 11 is 0. The molecule has 148 valence electrons. The second kappa shape index (κ2) is 8.39. The standard InChI is InChI=1S/C19H20F2N4O3/c1-2-8-22-19(26)16-6-4-12-10-24(9-7-15(12)23-16)11-13-3-5-14(20)17(21)18(13)25(27)28/h3-6H,2,7-11H2,1H3,(H,22,26). The number of nitrogens with one attached hydrogen (secondary N) is 1. The number of aromatic nitrogens is 1. The van der Waals surface area contributed by atoms with E-state index in [1.807, 2.05) is 17.9 Å². The summed E-state index contributed by atoms with van der Waals surface area (Å²) in [7, 11) is 0. The SMILES string of the molecule is CCCNC(=O)c1ccc2c(n1)CCN(Cc1ccc(F)c(F)c1[N+](=O)[O-])C2. The molecule has 1 N–H and O–H groups in total. The highest BCUT2D eigenvalue weighted by atomic mass is 19.2. The van der Waals surface area contributed by atoms with Gasteiger partial charge in [0.2, 0.25) is 5.82 Å². The van der Waals surface area contributed by atoms with Crippen LogP contribution in [0.3, 0.4) is 0 Å². The fourth-order valence-electron chi connectivity index (χ4n) is 3.21. The Hall–Kier alpha value is -2.94. The highest BCUT2D eigenvalue weighted by molar-refractivity contribution is 5.92. The van der Waals surface area contributed by atoms with Crippen LogP contribution in [-0.4, -0.2) is 33.8 Å². The molecule has 0 saturated carbocycles. The summed E-state index contributed by atoms with van der Waals surface area (Å²) in [5, 5.41) is 13.9. The van der Waals surface area contributed by atoms with Gasteiger partial charge in [-0.15, -0.1) is 0 Å². The van der Waals surface area contributed by atoms with Crippen LogP contribution >= 0.6 is 0 Å². The first-order valence-electron chi connectivity index (χ1n) is 9.01. The molecule has 1 aromatic carbocycles. The summed E-state index contributed by atoms with van der Waals surface area (Å²) in [5.41, 5.74) is 1.36. The van der Waals surface area contributed by atoms with Gasteiger partial charge in [-0.05, 0) is 30.2 Å². The Morgan fingerprint density at radius 1 is 1.32 bits per heavy atom. The lowest BCUT2D eigenvalue weighted by Gasteiger charge is -2.28. The van der Waals surface area contributed by atoms with Crippen molar-refractivity contribution in [2.45, 2.75) is 32.9 Å². The van der Waals surface area contributed by atoms with Gasteiger partial charge in [-0.2, -0.15) is 4.39 Å². The number of fused-ring (bicyclic) bond motifs is 1. The molecule has 1 amide bonds. The molecule has 28 heavy (non-hydrogen) atoms. The van der Waals surface area contributed by atoms with Crippen LogP contribution in [-0.2, 0) is 19.5 Å². The smallest absolute Gasteiger partial charge is 0.312 e. The van der Waals surface area contributed by atoms with Gasteiger partial charge < -0.3 is 5.32 Å². The summed E-state index contributed by atoms with van der Waals surface area (Å²) < 4.78 is 27.2. The van der Waals surface area contributed by atoms with Gasteiger partial charge in [-0.25, -0.2) is 9.37 Å². The van der Waals surface area contributed by atoms with Crippen LogP contribution in [0.5, 0.6) is 0 Å². The zero-order chi connectivity index (χ0) is 20.3. The average Bonchev–Trinajstić information content (AvgIpc) is 2.68. The lowest BCUT2D eigenvalue weighted by Crippen LogP contribution is -2.32. The maximum atomic E-state index is 13.8. The van der Waals surface area contributed by atoms with Gasteiger partial charge in [0.1, 0.15) is 5.69 Å². The van der Waals surface area contributed by atoms with Gasteiger partial charge in [-0.3, -0.25) is 19.8 Å².